The molecule has 0 radical (unpaired) electrons. The largest absolute Gasteiger partial charge is 0.396 e. The summed E-state index contributed by atoms with van der Waals surface area (Å²) in [4.78, 5) is 6.88. The maximum absolute atomic E-state index is 9.86. The smallest absolute Gasteiger partial charge is 0.0499 e. The van der Waals surface area contributed by atoms with Crippen molar-refractivity contribution in [1.29, 1.82) is 0 Å². The molecule has 0 aliphatic carbocycles. The second-order valence-electron chi connectivity index (χ2n) is 6.21. The fourth-order valence-corrected chi connectivity index (χ4v) is 3.32. The number of pyridine rings is 1. The Hall–Kier alpha value is -0.970. The van der Waals surface area contributed by atoms with Crippen LogP contribution >= 0.6 is 0 Å². The quantitative estimate of drug-likeness (QED) is 0.746. The molecule has 4 heteroatoms. The molecular formula is C17H28N2O2. The van der Waals surface area contributed by atoms with Crippen LogP contribution in [0.15, 0.2) is 24.4 Å². The fraction of sp³-hybridized carbons (Fsp3) is 0.706. The first-order valence-corrected chi connectivity index (χ1v) is 8.00. The van der Waals surface area contributed by atoms with Gasteiger partial charge in [-0.3, -0.25) is 4.98 Å². The van der Waals surface area contributed by atoms with Crippen molar-refractivity contribution in [3.63, 3.8) is 0 Å². The fourth-order valence-electron chi connectivity index (χ4n) is 3.32. The summed E-state index contributed by atoms with van der Waals surface area (Å²) in [5.74, 6) is 0. The number of likely N-dealkylation sites (tertiary alicyclic amines) is 1. The molecule has 118 valence electrons. The van der Waals surface area contributed by atoms with Gasteiger partial charge in [-0.25, -0.2) is 0 Å². The SMILES string of the molecule is COCCC[C@]1(CO)CCCN(CCc2ccccn2)C1. The predicted octanol–water partition coefficient (Wildman–Crippen LogP) is 2.13. The Morgan fingerprint density at radius 2 is 2.33 bits per heavy atom. The molecule has 1 aromatic rings. The van der Waals surface area contributed by atoms with Gasteiger partial charge in [0.2, 0.25) is 0 Å². The van der Waals surface area contributed by atoms with Crippen molar-refractivity contribution >= 4 is 0 Å². The van der Waals surface area contributed by atoms with Crippen LogP contribution in [0.2, 0.25) is 0 Å². The van der Waals surface area contributed by atoms with E-state index >= 15 is 0 Å². The Labute approximate surface area is 128 Å². The maximum Gasteiger partial charge on any atom is 0.0499 e. The molecule has 1 saturated heterocycles. The molecule has 1 atom stereocenters. The number of aliphatic hydroxyl groups is 1. The summed E-state index contributed by atoms with van der Waals surface area (Å²) in [6, 6.07) is 6.08. The number of ether oxygens (including phenoxy) is 1. The molecule has 0 bridgehead atoms. The topological polar surface area (TPSA) is 45.6 Å². The highest BCUT2D eigenvalue weighted by Crippen LogP contribution is 2.34. The number of rotatable bonds is 8. The number of methoxy groups -OCH3 is 1. The van der Waals surface area contributed by atoms with Crippen LogP contribution in [0.3, 0.4) is 0 Å². The number of piperidine rings is 1. The van der Waals surface area contributed by atoms with E-state index in [1.807, 2.05) is 18.3 Å². The summed E-state index contributed by atoms with van der Waals surface area (Å²) in [7, 11) is 1.74. The lowest BCUT2D eigenvalue weighted by atomic mass is 9.77. The van der Waals surface area contributed by atoms with Gasteiger partial charge in [-0.1, -0.05) is 6.07 Å². The van der Waals surface area contributed by atoms with E-state index in [4.69, 9.17) is 4.74 Å². The van der Waals surface area contributed by atoms with Crippen molar-refractivity contribution in [1.82, 2.24) is 9.88 Å². The summed E-state index contributed by atoms with van der Waals surface area (Å²) in [6.07, 6.45) is 7.24. The highest BCUT2D eigenvalue weighted by molar-refractivity contribution is 5.04. The van der Waals surface area contributed by atoms with Gasteiger partial charge in [-0.05, 0) is 44.4 Å². The monoisotopic (exact) mass is 292 g/mol. The average Bonchev–Trinajstić information content (AvgIpc) is 2.54. The average molecular weight is 292 g/mol. The molecule has 1 aliphatic rings. The van der Waals surface area contributed by atoms with Crippen LogP contribution in [0.1, 0.15) is 31.4 Å². The van der Waals surface area contributed by atoms with Gasteiger partial charge in [0.15, 0.2) is 0 Å². The molecule has 1 fully saturated rings. The standard InChI is InChI=1S/C17H28N2O2/c1-21-13-5-9-17(15-20)8-4-11-19(14-17)12-7-16-6-2-3-10-18-16/h2-3,6,10,20H,4-5,7-9,11-15H2,1H3/t17-/m1/s1. The zero-order chi connectivity index (χ0) is 15.0. The minimum atomic E-state index is 0.0703. The third-order valence-electron chi connectivity index (χ3n) is 4.54. The lowest BCUT2D eigenvalue weighted by Crippen LogP contribution is -2.46. The van der Waals surface area contributed by atoms with Crippen LogP contribution in [0.5, 0.6) is 0 Å². The molecule has 21 heavy (non-hydrogen) atoms. The van der Waals surface area contributed by atoms with Gasteiger partial charge < -0.3 is 14.7 Å². The first-order chi connectivity index (χ1) is 10.3. The van der Waals surface area contributed by atoms with Crippen LogP contribution in [-0.4, -0.2) is 54.9 Å². The van der Waals surface area contributed by atoms with E-state index in [0.29, 0.717) is 0 Å². The molecule has 1 aliphatic heterocycles. The van der Waals surface area contributed by atoms with Crippen molar-refractivity contribution in [3.05, 3.63) is 30.1 Å². The van der Waals surface area contributed by atoms with Gasteiger partial charge in [0, 0.05) is 57.1 Å². The van der Waals surface area contributed by atoms with E-state index in [2.05, 4.69) is 16.0 Å². The van der Waals surface area contributed by atoms with Crippen molar-refractivity contribution in [2.24, 2.45) is 5.41 Å². The van der Waals surface area contributed by atoms with Crippen molar-refractivity contribution in [2.45, 2.75) is 32.1 Å². The van der Waals surface area contributed by atoms with Gasteiger partial charge in [-0.2, -0.15) is 0 Å². The molecule has 4 nitrogen and oxygen atoms in total. The number of hydrogen-bond donors (Lipinski definition) is 1. The van der Waals surface area contributed by atoms with Crippen molar-refractivity contribution in [3.8, 4) is 0 Å². The van der Waals surface area contributed by atoms with Crippen molar-refractivity contribution in [2.75, 3.05) is 40.0 Å². The van der Waals surface area contributed by atoms with Gasteiger partial charge in [0.05, 0.1) is 0 Å². The van der Waals surface area contributed by atoms with E-state index in [-0.39, 0.29) is 12.0 Å². The van der Waals surface area contributed by atoms with Gasteiger partial charge in [-0.15, -0.1) is 0 Å². The Morgan fingerprint density at radius 1 is 1.43 bits per heavy atom. The molecule has 1 N–H and O–H groups in total. The molecule has 0 saturated carbocycles. The zero-order valence-electron chi connectivity index (χ0n) is 13.1. The van der Waals surface area contributed by atoms with Crippen LogP contribution < -0.4 is 0 Å². The first kappa shape index (κ1) is 16.4. The van der Waals surface area contributed by atoms with Crippen molar-refractivity contribution < 1.29 is 9.84 Å². The van der Waals surface area contributed by atoms with Crippen LogP contribution in [0.25, 0.3) is 0 Å². The first-order valence-electron chi connectivity index (χ1n) is 8.00. The van der Waals surface area contributed by atoms with E-state index in [1.54, 1.807) is 7.11 Å². The Bertz CT molecular complexity index is 399. The Balaban J connectivity index is 1.83. The molecule has 2 rings (SSSR count). The van der Waals surface area contributed by atoms with E-state index in [0.717, 1.165) is 57.6 Å². The van der Waals surface area contributed by atoms with Gasteiger partial charge >= 0.3 is 0 Å². The van der Waals surface area contributed by atoms with Gasteiger partial charge in [0.1, 0.15) is 0 Å². The third-order valence-corrected chi connectivity index (χ3v) is 4.54. The van der Waals surface area contributed by atoms with E-state index < -0.39 is 0 Å². The molecule has 0 aromatic carbocycles. The highest BCUT2D eigenvalue weighted by Gasteiger charge is 2.34. The summed E-state index contributed by atoms with van der Waals surface area (Å²) in [5.41, 5.74) is 1.22. The summed E-state index contributed by atoms with van der Waals surface area (Å²) >= 11 is 0. The Kier molecular flexibility index (Phi) is 6.61. The second kappa shape index (κ2) is 8.47. The van der Waals surface area contributed by atoms with Crippen LogP contribution in [-0.2, 0) is 11.2 Å². The predicted molar refractivity (Wildman–Crippen MR) is 84.2 cm³/mol. The number of nitrogens with zero attached hydrogens (tertiary/aromatic N) is 2. The number of hydrogen-bond acceptors (Lipinski definition) is 4. The second-order valence-corrected chi connectivity index (χ2v) is 6.21. The normalized spacial score (nSPS) is 23.3. The lowest BCUT2D eigenvalue weighted by molar-refractivity contribution is 0.0194. The molecule has 1 aromatic heterocycles. The highest BCUT2D eigenvalue weighted by atomic mass is 16.5. The van der Waals surface area contributed by atoms with Gasteiger partial charge in [0.25, 0.3) is 0 Å². The molecule has 0 spiro atoms. The summed E-state index contributed by atoms with van der Waals surface area (Å²) < 4.78 is 5.15. The minimum absolute atomic E-state index is 0.0703. The number of aliphatic hydroxyl groups excluding tert-OH is 1. The maximum atomic E-state index is 9.86. The van der Waals surface area contributed by atoms with E-state index in [9.17, 15) is 5.11 Å². The van der Waals surface area contributed by atoms with E-state index in [1.165, 1.54) is 6.42 Å². The molecular weight excluding hydrogens is 264 g/mol. The summed E-state index contributed by atoms with van der Waals surface area (Å²) in [5, 5.41) is 9.86. The minimum Gasteiger partial charge on any atom is -0.396 e. The summed E-state index contributed by atoms with van der Waals surface area (Å²) in [6.45, 7) is 4.24. The molecule has 0 unspecified atom stereocenters. The zero-order valence-corrected chi connectivity index (χ0v) is 13.1. The lowest BCUT2D eigenvalue weighted by Gasteiger charge is -2.42. The third kappa shape index (κ3) is 5.06. The van der Waals surface area contributed by atoms with Crippen LogP contribution in [0, 0.1) is 5.41 Å². The Morgan fingerprint density at radius 3 is 3.05 bits per heavy atom. The van der Waals surface area contributed by atoms with Crippen LogP contribution in [0.4, 0.5) is 0 Å². The molecule has 2 heterocycles. The number of aromatic nitrogens is 1. The molecule has 0 amide bonds.